The summed E-state index contributed by atoms with van der Waals surface area (Å²) < 4.78 is 0. The molecule has 0 spiro atoms. The van der Waals surface area contributed by atoms with Crippen LogP contribution in [0, 0.1) is 17.2 Å². The maximum atomic E-state index is 10.9. The molecular weight excluding hydrogens is 218 g/mol. The molecule has 90 valence electrons. The highest BCUT2D eigenvalue weighted by Crippen LogP contribution is 2.09. The largest absolute Gasteiger partial charge is 0.481 e. The number of hydrogen-bond acceptors (Lipinski definition) is 4. The van der Waals surface area contributed by atoms with E-state index in [1.54, 1.807) is 18.2 Å². The molecule has 0 amide bonds. The van der Waals surface area contributed by atoms with Crippen LogP contribution in [0.25, 0.3) is 0 Å². The Morgan fingerprint density at radius 3 is 3.00 bits per heavy atom. The first-order valence-corrected chi connectivity index (χ1v) is 5.51. The van der Waals surface area contributed by atoms with E-state index in [1.165, 1.54) is 0 Å². The van der Waals surface area contributed by atoms with E-state index in [4.69, 9.17) is 10.4 Å². The molecule has 1 unspecified atom stereocenters. The number of carbonyl (C=O) groups is 1. The summed E-state index contributed by atoms with van der Waals surface area (Å²) in [5, 5.41) is 20.6. The number of aromatic nitrogens is 1. The molecule has 0 fully saturated rings. The minimum absolute atomic E-state index is 0.317. The van der Waals surface area contributed by atoms with Crippen molar-refractivity contribution >= 4 is 11.8 Å². The molecule has 0 aliphatic carbocycles. The predicted octanol–water partition coefficient (Wildman–Crippen LogP) is 1.87. The van der Waals surface area contributed by atoms with E-state index < -0.39 is 11.9 Å². The number of rotatable bonds is 6. The van der Waals surface area contributed by atoms with Crippen LogP contribution in [0.5, 0.6) is 0 Å². The molecule has 1 aromatic heterocycles. The van der Waals surface area contributed by atoms with Crippen molar-refractivity contribution in [2.45, 2.75) is 19.8 Å². The van der Waals surface area contributed by atoms with E-state index in [-0.39, 0.29) is 0 Å². The van der Waals surface area contributed by atoms with Crippen LogP contribution >= 0.6 is 0 Å². The zero-order valence-electron chi connectivity index (χ0n) is 9.68. The van der Waals surface area contributed by atoms with Crippen molar-refractivity contribution in [3.8, 4) is 6.07 Å². The molecule has 0 saturated carbocycles. The Morgan fingerprint density at radius 1 is 1.65 bits per heavy atom. The smallest absolute Gasteiger partial charge is 0.308 e. The van der Waals surface area contributed by atoms with Crippen LogP contribution in [-0.4, -0.2) is 22.6 Å². The average Bonchev–Trinajstić information content (AvgIpc) is 2.34. The summed E-state index contributed by atoms with van der Waals surface area (Å²) >= 11 is 0. The van der Waals surface area contributed by atoms with Gasteiger partial charge in [0.1, 0.15) is 17.6 Å². The third-order valence-corrected chi connectivity index (χ3v) is 2.38. The fourth-order valence-corrected chi connectivity index (χ4v) is 1.48. The Kier molecular flexibility index (Phi) is 4.95. The number of nitrogens with one attached hydrogen (secondary N) is 1. The number of anilines is 1. The SMILES string of the molecule is CCCC(CNc1cccc(C#N)n1)C(=O)O. The lowest BCUT2D eigenvalue weighted by molar-refractivity contribution is -0.141. The van der Waals surface area contributed by atoms with Crippen LogP contribution < -0.4 is 5.32 Å². The summed E-state index contributed by atoms with van der Waals surface area (Å²) in [7, 11) is 0. The minimum atomic E-state index is -0.809. The van der Waals surface area contributed by atoms with Gasteiger partial charge >= 0.3 is 5.97 Å². The van der Waals surface area contributed by atoms with Gasteiger partial charge in [-0.3, -0.25) is 4.79 Å². The molecule has 0 aliphatic rings. The highest BCUT2D eigenvalue weighted by molar-refractivity contribution is 5.70. The lowest BCUT2D eigenvalue weighted by Crippen LogP contribution is -2.23. The molecule has 0 aromatic carbocycles. The molecule has 1 atom stereocenters. The number of carboxylic acid groups (broad SMARTS) is 1. The van der Waals surface area contributed by atoms with Crippen molar-refractivity contribution in [1.82, 2.24) is 4.98 Å². The highest BCUT2D eigenvalue weighted by Gasteiger charge is 2.15. The summed E-state index contributed by atoms with van der Waals surface area (Å²) in [6.07, 6.45) is 1.45. The van der Waals surface area contributed by atoms with Crippen LogP contribution in [0.2, 0.25) is 0 Å². The second-order valence-corrected chi connectivity index (χ2v) is 3.72. The lowest BCUT2D eigenvalue weighted by atomic mass is 10.0. The lowest BCUT2D eigenvalue weighted by Gasteiger charge is -2.12. The predicted molar refractivity (Wildman–Crippen MR) is 63.5 cm³/mol. The summed E-state index contributed by atoms with van der Waals surface area (Å²) in [6.45, 7) is 2.27. The van der Waals surface area contributed by atoms with Gasteiger partial charge in [0.15, 0.2) is 0 Å². The Balaban J connectivity index is 2.59. The number of pyridine rings is 1. The Labute approximate surface area is 100 Å². The fraction of sp³-hybridized carbons (Fsp3) is 0.417. The zero-order chi connectivity index (χ0) is 12.7. The maximum Gasteiger partial charge on any atom is 0.308 e. The van der Waals surface area contributed by atoms with Crippen LogP contribution in [-0.2, 0) is 4.79 Å². The second-order valence-electron chi connectivity index (χ2n) is 3.72. The van der Waals surface area contributed by atoms with Crippen LogP contribution in [0.1, 0.15) is 25.5 Å². The van der Waals surface area contributed by atoms with Gasteiger partial charge in [-0.2, -0.15) is 5.26 Å². The number of nitriles is 1. The van der Waals surface area contributed by atoms with E-state index in [1.807, 2.05) is 13.0 Å². The minimum Gasteiger partial charge on any atom is -0.481 e. The zero-order valence-corrected chi connectivity index (χ0v) is 9.68. The van der Waals surface area contributed by atoms with Gasteiger partial charge in [-0.1, -0.05) is 19.4 Å². The molecular formula is C12H15N3O2. The van der Waals surface area contributed by atoms with Crippen molar-refractivity contribution in [1.29, 1.82) is 5.26 Å². The van der Waals surface area contributed by atoms with Gasteiger partial charge in [0.25, 0.3) is 0 Å². The third-order valence-electron chi connectivity index (χ3n) is 2.38. The first kappa shape index (κ1) is 13.0. The van der Waals surface area contributed by atoms with E-state index in [0.717, 1.165) is 6.42 Å². The maximum absolute atomic E-state index is 10.9. The molecule has 1 aromatic rings. The first-order valence-electron chi connectivity index (χ1n) is 5.51. The second kappa shape index (κ2) is 6.48. The van der Waals surface area contributed by atoms with Crippen LogP contribution in [0.4, 0.5) is 5.82 Å². The van der Waals surface area contributed by atoms with E-state index in [2.05, 4.69) is 10.3 Å². The van der Waals surface area contributed by atoms with Crippen molar-refractivity contribution in [3.63, 3.8) is 0 Å². The molecule has 1 rings (SSSR count). The Hall–Kier alpha value is -2.09. The van der Waals surface area contributed by atoms with E-state index in [9.17, 15) is 4.79 Å². The Morgan fingerprint density at radius 2 is 2.41 bits per heavy atom. The molecule has 0 aliphatic heterocycles. The summed E-state index contributed by atoms with van der Waals surface area (Å²) in [5.74, 6) is -0.699. The van der Waals surface area contributed by atoms with Crippen LogP contribution in [0.3, 0.4) is 0 Å². The van der Waals surface area contributed by atoms with Gasteiger partial charge in [0.2, 0.25) is 0 Å². The molecule has 0 saturated heterocycles. The van der Waals surface area contributed by atoms with Gasteiger partial charge < -0.3 is 10.4 Å². The molecule has 5 nitrogen and oxygen atoms in total. The fourth-order valence-electron chi connectivity index (χ4n) is 1.48. The Bertz CT molecular complexity index is 426. The van der Waals surface area contributed by atoms with Gasteiger partial charge in [-0.15, -0.1) is 0 Å². The van der Waals surface area contributed by atoms with Gasteiger partial charge in [-0.25, -0.2) is 4.98 Å². The topological polar surface area (TPSA) is 86.0 Å². The average molecular weight is 233 g/mol. The molecule has 5 heteroatoms. The van der Waals surface area contributed by atoms with Crippen LogP contribution in [0.15, 0.2) is 18.2 Å². The first-order chi connectivity index (χ1) is 8.17. The molecule has 17 heavy (non-hydrogen) atoms. The van der Waals surface area contributed by atoms with Crippen molar-refractivity contribution in [2.75, 3.05) is 11.9 Å². The van der Waals surface area contributed by atoms with Crippen molar-refractivity contribution in [2.24, 2.45) is 5.92 Å². The van der Waals surface area contributed by atoms with E-state index in [0.29, 0.717) is 24.5 Å². The number of nitrogens with zero attached hydrogens (tertiary/aromatic N) is 2. The quantitative estimate of drug-likeness (QED) is 0.783. The molecule has 1 heterocycles. The van der Waals surface area contributed by atoms with Crippen molar-refractivity contribution < 1.29 is 9.90 Å². The van der Waals surface area contributed by atoms with E-state index >= 15 is 0 Å². The number of hydrogen-bond donors (Lipinski definition) is 2. The van der Waals surface area contributed by atoms with Crippen molar-refractivity contribution in [3.05, 3.63) is 23.9 Å². The van der Waals surface area contributed by atoms with Gasteiger partial charge in [0.05, 0.1) is 5.92 Å². The summed E-state index contributed by atoms with van der Waals surface area (Å²) in [6, 6.07) is 6.96. The monoisotopic (exact) mass is 233 g/mol. The summed E-state index contributed by atoms with van der Waals surface area (Å²) in [4.78, 5) is 14.9. The number of carboxylic acids is 1. The third kappa shape index (κ3) is 4.11. The molecule has 0 radical (unpaired) electrons. The normalized spacial score (nSPS) is 11.5. The van der Waals surface area contributed by atoms with Gasteiger partial charge in [-0.05, 0) is 18.6 Å². The highest BCUT2D eigenvalue weighted by atomic mass is 16.4. The number of aliphatic carboxylic acids is 1. The molecule has 2 N–H and O–H groups in total. The standard InChI is InChI=1S/C12H15N3O2/c1-2-4-9(12(16)17)8-14-11-6-3-5-10(7-13)15-11/h3,5-6,9H,2,4,8H2,1H3,(H,14,15)(H,16,17). The summed E-state index contributed by atoms with van der Waals surface area (Å²) in [5.41, 5.74) is 0.317. The molecule has 0 bridgehead atoms. The van der Waals surface area contributed by atoms with Gasteiger partial charge in [0, 0.05) is 6.54 Å².